The van der Waals surface area contributed by atoms with E-state index in [4.69, 9.17) is 23.2 Å². The van der Waals surface area contributed by atoms with Gasteiger partial charge in [-0.3, -0.25) is 0 Å². The van der Waals surface area contributed by atoms with Crippen LogP contribution in [0, 0.1) is 5.92 Å². The Balaban J connectivity index is 1.89. The van der Waals surface area contributed by atoms with E-state index in [0.717, 1.165) is 5.92 Å². The van der Waals surface area contributed by atoms with E-state index >= 15 is 0 Å². The van der Waals surface area contributed by atoms with Crippen molar-refractivity contribution in [2.45, 2.75) is 44.8 Å². The Kier molecular flexibility index (Phi) is 5.52. The third-order valence-electron chi connectivity index (χ3n) is 4.06. The maximum atomic E-state index is 10.2. The fraction of sp³-hybridized carbons (Fsp3) is 0.600. The van der Waals surface area contributed by atoms with Crippen LogP contribution in [0.3, 0.4) is 0 Å². The van der Waals surface area contributed by atoms with E-state index in [1.807, 2.05) is 0 Å². The first-order valence-corrected chi connectivity index (χ1v) is 7.70. The van der Waals surface area contributed by atoms with Gasteiger partial charge < -0.3 is 10.4 Å². The van der Waals surface area contributed by atoms with Crippen LogP contribution in [0.4, 0.5) is 0 Å². The molecule has 2 nitrogen and oxygen atoms in total. The molecule has 0 bridgehead atoms. The fourth-order valence-corrected chi connectivity index (χ4v) is 3.23. The molecule has 1 saturated carbocycles. The summed E-state index contributed by atoms with van der Waals surface area (Å²) < 4.78 is 0. The van der Waals surface area contributed by atoms with Gasteiger partial charge in [0.2, 0.25) is 0 Å². The Hall–Kier alpha value is -0.280. The monoisotopic (exact) mass is 301 g/mol. The molecule has 106 valence electrons. The number of benzene rings is 1. The summed E-state index contributed by atoms with van der Waals surface area (Å²) in [5.41, 5.74) is 0.695. The van der Waals surface area contributed by atoms with Gasteiger partial charge in [0.15, 0.2) is 0 Å². The SMILES string of the molecule is C[C@@H](NCC(O)c1cc(Cl)ccc1Cl)C1CCCC1. The topological polar surface area (TPSA) is 32.3 Å². The van der Waals surface area contributed by atoms with Gasteiger partial charge in [-0.05, 0) is 43.9 Å². The molecule has 1 aromatic rings. The highest BCUT2D eigenvalue weighted by Crippen LogP contribution is 2.29. The molecule has 0 heterocycles. The summed E-state index contributed by atoms with van der Waals surface area (Å²) in [5, 5.41) is 14.8. The number of hydrogen-bond acceptors (Lipinski definition) is 2. The molecule has 0 spiro atoms. The van der Waals surface area contributed by atoms with Crippen molar-refractivity contribution in [2.75, 3.05) is 6.54 Å². The van der Waals surface area contributed by atoms with Gasteiger partial charge in [-0.15, -0.1) is 0 Å². The summed E-state index contributed by atoms with van der Waals surface area (Å²) in [6.07, 6.45) is 4.64. The average Bonchev–Trinajstić information content (AvgIpc) is 2.92. The quantitative estimate of drug-likeness (QED) is 0.854. The van der Waals surface area contributed by atoms with Gasteiger partial charge in [-0.25, -0.2) is 0 Å². The van der Waals surface area contributed by atoms with E-state index in [-0.39, 0.29) is 0 Å². The molecule has 19 heavy (non-hydrogen) atoms. The Labute approximate surface area is 125 Å². The van der Waals surface area contributed by atoms with Gasteiger partial charge in [0, 0.05) is 28.2 Å². The molecule has 4 heteroatoms. The van der Waals surface area contributed by atoms with Gasteiger partial charge in [-0.2, -0.15) is 0 Å². The van der Waals surface area contributed by atoms with Crippen molar-refractivity contribution in [3.63, 3.8) is 0 Å². The molecule has 1 fully saturated rings. The van der Waals surface area contributed by atoms with Crippen LogP contribution in [0.15, 0.2) is 18.2 Å². The first-order valence-electron chi connectivity index (χ1n) is 6.94. The smallest absolute Gasteiger partial charge is 0.0929 e. The maximum absolute atomic E-state index is 10.2. The molecule has 2 rings (SSSR count). The van der Waals surface area contributed by atoms with Crippen LogP contribution in [0.5, 0.6) is 0 Å². The fourth-order valence-electron chi connectivity index (χ4n) is 2.80. The van der Waals surface area contributed by atoms with Crippen LogP contribution < -0.4 is 5.32 Å². The number of halogens is 2. The van der Waals surface area contributed by atoms with E-state index in [9.17, 15) is 5.11 Å². The minimum Gasteiger partial charge on any atom is -0.387 e. The molecule has 1 aromatic carbocycles. The van der Waals surface area contributed by atoms with Crippen molar-refractivity contribution < 1.29 is 5.11 Å². The van der Waals surface area contributed by atoms with Gasteiger partial charge in [0.25, 0.3) is 0 Å². The lowest BCUT2D eigenvalue weighted by Gasteiger charge is -2.22. The predicted octanol–water partition coefficient (Wildman–Crippen LogP) is 4.20. The van der Waals surface area contributed by atoms with E-state index < -0.39 is 6.10 Å². The maximum Gasteiger partial charge on any atom is 0.0929 e. The van der Waals surface area contributed by atoms with Gasteiger partial charge >= 0.3 is 0 Å². The highest BCUT2D eigenvalue weighted by molar-refractivity contribution is 6.33. The van der Waals surface area contributed by atoms with E-state index in [0.29, 0.717) is 28.2 Å². The Bertz CT molecular complexity index is 419. The van der Waals surface area contributed by atoms with Gasteiger partial charge in [0.05, 0.1) is 6.10 Å². The number of hydrogen-bond donors (Lipinski definition) is 2. The van der Waals surface area contributed by atoms with Crippen molar-refractivity contribution in [3.05, 3.63) is 33.8 Å². The highest BCUT2D eigenvalue weighted by Gasteiger charge is 2.22. The lowest BCUT2D eigenvalue weighted by Crippen LogP contribution is -2.35. The second kappa shape index (κ2) is 6.94. The number of nitrogens with one attached hydrogen (secondary N) is 1. The summed E-state index contributed by atoms with van der Waals surface area (Å²) in [5.74, 6) is 0.738. The summed E-state index contributed by atoms with van der Waals surface area (Å²) >= 11 is 12.0. The predicted molar refractivity (Wildman–Crippen MR) is 80.8 cm³/mol. The molecule has 1 unspecified atom stereocenters. The molecular weight excluding hydrogens is 281 g/mol. The van der Waals surface area contributed by atoms with Crippen LogP contribution in [0.2, 0.25) is 10.0 Å². The average molecular weight is 302 g/mol. The third-order valence-corrected chi connectivity index (χ3v) is 4.64. The Morgan fingerprint density at radius 1 is 1.32 bits per heavy atom. The zero-order valence-corrected chi connectivity index (χ0v) is 12.7. The van der Waals surface area contributed by atoms with Crippen molar-refractivity contribution in [1.29, 1.82) is 0 Å². The van der Waals surface area contributed by atoms with Crippen molar-refractivity contribution in [2.24, 2.45) is 5.92 Å². The molecule has 2 N–H and O–H groups in total. The standard InChI is InChI=1S/C15H21Cl2NO/c1-10(11-4-2-3-5-11)18-9-15(19)13-8-12(16)6-7-14(13)17/h6-8,10-11,15,18-19H,2-5,9H2,1H3/t10-,15?/m1/s1. The number of aliphatic hydroxyl groups is 1. The van der Waals surface area contributed by atoms with Crippen LogP contribution in [-0.2, 0) is 0 Å². The Morgan fingerprint density at radius 3 is 2.68 bits per heavy atom. The summed E-state index contributed by atoms with van der Waals surface area (Å²) in [4.78, 5) is 0. The minimum atomic E-state index is -0.616. The van der Waals surface area contributed by atoms with Crippen LogP contribution >= 0.6 is 23.2 Å². The van der Waals surface area contributed by atoms with Crippen molar-refractivity contribution in [1.82, 2.24) is 5.32 Å². The first-order chi connectivity index (χ1) is 9.08. The molecule has 1 aliphatic carbocycles. The minimum absolute atomic E-state index is 0.440. The normalized spacial score (nSPS) is 19.6. The molecular formula is C15H21Cl2NO. The second-order valence-corrected chi connectivity index (χ2v) is 6.27. The van der Waals surface area contributed by atoms with Gasteiger partial charge in [-0.1, -0.05) is 36.0 Å². The van der Waals surface area contributed by atoms with Gasteiger partial charge in [0.1, 0.15) is 0 Å². The Morgan fingerprint density at radius 2 is 2.00 bits per heavy atom. The molecule has 0 saturated heterocycles. The van der Waals surface area contributed by atoms with E-state index in [2.05, 4.69) is 12.2 Å². The molecule has 0 aromatic heterocycles. The summed E-state index contributed by atoms with van der Waals surface area (Å²) in [6, 6.07) is 5.63. The van der Waals surface area contributed by atoms with Crippen LogP contribution in [-0.4, -0.2) is 17.7 Å². The van der Waals surface area contributed by atoms with Crippen LogP contribution in [0.1, 0.15) is 44.3 Å². The molecule has 2 atom stereocenters. The zero-order valence-electron chi connectivity index (χ0n) is 11.2. The van der Waals surface area contributed by atoms with Crippen molar-refractivity contribution >= 4 is 23.2 Å². The molecule has 0 amide bonds. The first kappa shape index (κ1) is 15.1. The number of rotatable bonds is 5. The largest absolute Gasteiger partial charge is 0.387 e. The second-order valence-electron chi connectivity index (χ2n) is 5.42. The molecule has 0 radical (unpaired) electrons. The number of aliphatic hydroxyl groups excluding tert-OH is 1. The van der Waals surface area contributed by atoms with Crippen LogP contribution in [0.25, 0.3) is 0 Å². The van der Waals surface area contributed by atoms with E-state index in [1.165, 1.54) is 25.7 Å². The van der Waals surface area contributed by atoms with E-state index in [1.54, 1.807) is 18.2 Å². The lowest BCUT2D eigenvalue weighted by molar-refractivity contribution is 0.165. The zero-order chi connectivity index (χ0) is 13.8. The molecule has 1 aliphatic rings. The summed E-state index contributed by atoms with van der Waals surface area (Å²) in [7, 11) is 0. The highest BCUT2D eigenvalue weighted by atomic mass is 35.5. The van der Waals surface area contributed by atoms with Crippen molar-refractivity contribution in [3.8, 4) is 0 Å². The lowest BCUT2D eigenvalue weighted by atomic mass is 9.99. The molecule has 0 aliphatic heterocycles. The third kappa shape index (κ3) is 4.09. The summed E-state index contributed by atoms with van der Waals surface area (Å²) in [6.45, 7) is 2.71.